The van der Waals surface area contributed by atoms with Crippen LogP contribution < -0.4 is 0 Å². The van der Waals surface area contributed by atoms with E-state index < -0.39 is 5.54 Å². The fourth-order valence-corrected chi connectivity index (χ4v) is 2.84. The van der Waals surface area contributed by atoms with Gasteiger partial charge in [-0.2, -0.15) is 5.10 Å². The summed E-state index contributed by atoms with van der Waals surface area (Å²) in [4.78, 5) is 11.7. The average Bonchev–Trinajstić information content (AvgIpc) is 2.98. The van der Waals surface area contributed by atoms with Crippen molar-refractivity contribution in [1.82, 2.24) is 9.78 Å². The zero-order chi connectivity index (χ0) is 13.6. The first-order valence-electron chi connectivity index (χ1n) is 6.32. The average molecular weight is 278 g/mol. The molecule has 0 unspecified atom stereocenters. The number of thiophene rings is 1. The molecule has 1 saturated carbocycles. The van der Waals surface area contributed by atoms with E-state index in [1.807, 2.05) is 6.20 Å². The van der Waals surface area contributed by atoms with Gasteiger partial charge in [0.25, 0.3) is 0 Å². The van der Waals surface area contributed by atoms with Crippen molar-refractivity contribution < 1.29 is 9.18 Å². The monoisotopic (exact) mass is 278 g/mol. The fraction of sp³-hybridized carbons (Fsp3) is 0.429. The maximum atomic E-state index is 13.8. The lowest BCUT2D eigenvalue weighted by Gasteiger charge is -2.17. The number of hydrogen-bond donors (Lipinski definition) is 0. The van der Waals surface area contributed by atoms with Gasteiger partial charge in [0.05, 0.1) is 4.88 Å². The summed E-state index contributed by atoms with van der Waals surface area (Å²) in [6.07, 6.45) is 5.01. The topological polar surface area (TPSA) is 34.9 Å². The van der Waals surface area contributed by atoms with Crippen molar-refractivity contribution in [2.75, 3.05) is 0 Å². The quantitative estimate of drug-likeness (QED) is 0.801. The molecular weight excluding hydrogens is 263 g/mol. The molecule has 3 nitrogen and oxygen atoms in total. The standard InChI is InChI=1S/C14H15FN2OS/c1-14(2,8-18)17-7-10(9-3-4-9)12(16-17)13-11(15)5-6-19-13/h5-9H,3-4H2,1-2H3. The van der Waals surface area contributed by atoms with Crippen LogP contribution in [0.25, 0.3) is 10.6 Å². The van der Waals surface area contributed by atoms with Gasteiger partial charge in [-0.25, -0.2) is 4.39 Å². The zero-order valence-electron chi connectivity index (χ0n) is 10.9. The third-order valence-corrected chi connectivity index (χ3v) is 4.37. The maximum Gasteiger partial charge on any atom is 0.147 e. The van der Waals surface area contributed by atoms with Crippen LogP contribution in [0, 0.1) is 5.82 Å². The first-order valence-corrected chi connectivity index (χ1v) is 7.20. The summed E-state index contributed by atoms with van der Waals surface area (Å²) in [6, 6.07) is 1.46. The Morgan fingerprint density at radius 2 is 2.26 bits per heavy atom. The van der Waals surface area contributed by atoms with E-state index in [1.54, 1.807) is 23.9 Å². The van der Waals surface area contributed by atoms with Crippen molar-refractivity contribution in [3.8, 4) is 10.6 Å². The first-order chi connectivity index (χ1) is 9.03. The van der Waals surface area contributed by atoms with Crippen molar-refractivity contribution in [1.29, 1.82) is 0 Å². The normalized spacial score (nSPS) is 15.7. The van der Waals surface area contributed by atoms with E-state index in [2.05, 4.69) is 5.10 Å². The van der Waals surface area contributed by atoms with Crippen LogP contribution in [0.2, 0.25) is 0 Å². The number of aldehydes is 1. The molecule has 100 valence electrons. The van der Waals surface area contributed by atoms with Crippen LogP contribution in [-0.2, 0) is 10.3 Å². The maximum absolute atomic E-state index is 13.8. The largest absolute Gasteiger partial charge is 0.301 e. The molecule has 3 rings (SSSR count). The number of carbonyl (C=O) groups is 1. The van der Waals surface area contributed by atoms with Crippen LogP contribution in [0.4, 0.5) is 4.39 Å². The molecule has 2 heterocycles. The predicted molar refractivity (Wildman–Crippen MR) is 72.9 cm³/mol. The van der Waals surface area contributed by atoms with Gasteiger partial charge in [-0.15, -0.1) is 11.3 Å². The Balaban J connectivity index is 2.13. The van der Waals surface area contributed by atoms with E-state index in [1.165, 1.54) is 17.4 Å². The van der Waals surface area contributed by atoms with E-state index in [0.29, 0.717) is 16.5 Å². The van der Waals surface area contributed by atoms with Gasteiger partial charge >= 0.3 is 0 Å². The molecule has 0 saturated heterocycles. The summed E-state index contributed by atoms with van der Waals surface area (Å²) in [5.74, 6) is 0.230. The number of carbonyl (C=O) groups excluding carboxylic acids is 1. The molecule has 19 heavy (non-hydrogen) atoms. The molecule has 0 spiro atoms. The molecule has 0 aromatic carbocycles. The van der Waals surface area contributed by atoms with E-state index in [4.69, 9.17) is 0 Å². The Labute approximate surface area is 115 Å². The molecule has 0 aliphatic heterocycles. The first kappa shape index (κ1) is 12.5. The van der Waals surface area contributed by atoms with Gasteiger partial charge in [0.1, 0.15) is 23.3 Å². The second kappa shape index (κ2) is 4.27. The summed E-state index contributed by atoms with van der Waals surface area (Å²) in [6.45, 7) is 3.61. The van der Waals surface area contributed by atoms with E-state index in [9.17, 15) is 9.18 Å². The minimum atomic E-state index is -0.699. The summed E-state index contributed by atoms with van der Waals surface area (Å²) in [7, 11) is 0. The summed E-state index contributed by atoms with van der Waals surface area (Å²) in [5, 5.41) is 6.20. The highest BCUT2D eigenvalue weighted by Crippen LogP contribution is 2.45. The Kier molecular flexibility index (Phi) is 2.82. The van der Waals surface area contributed by atoms with E-state index in [-0.39, 0.29) is 5.82 Å². The number of nitrogens with zero attached hydrogens (tertiary/aromatic N) is 2. The predicted octanol–water partition coefficient (Wildman–Crippen LogP) is 3.56. The third kappa shape index (κ3) is 2.12. The Morgan fingerprint density at radius 3 is 2.79 bits per heavy atom. The molecule has 1 fully saturated rings. The van der Waals surface area contributed by atoms with Gasteiger partial charge in [0.15, 0.2) is 0 Å². The van der Waals surface area contributed by atoms with Gasteiger partial charge in [-0.3, -0.25) is 4.68 Å². The van der Waals surface area contributed by atoms with Gasteiger partial charge < -0.3 is 4.79 Å². The second-order valence-corrected chi connectivity index (χ2v) is 6.44. The highest BCUT2D eigenvalue weighted by molar-refractivity contribution is 7.13. The molecule has 1 aliphatic carbocycles. The summed E-state index contributed by atoms with van der Waals surface area (Å²) < 4.78 is 15.4. The molecule has 5 heteroatoms. The zero-order valence-corrected chi connectivity index (χ0v) is 11.7. The van der Waals surface area contributed by atoms with Crippen molar-refractivity contribution in [2.24, 2.45) is 0 Å². The Bertz CT molecular complexity index is 625. The molecule has 0 bridgehead atoms. The lowest BCUT2D eigenvalue weighted by atomic mass is 10.1. The van der Waals surface area contributed by atoms with Gasteiger partial charge in [0.2, 0.25) is 0 Å². The number of aromatic nitrogens is 2. The highest BCUT2D eigenvalue weighted by atomic mass is 32.1. The summed E-state index contributed by atoms with van der Waals surface area (Å²) >= 11 is 1.35. The number of hydrogen-bond acceptors (Lipinski definition) is 3. The molecule has 0 atom stereocenters. The van der Waals surface area contributed by atoms with E-state index >= 15 is 0 Å². The van der Waals surface area contributed by atoms with Crippen LogP contribution in [0.5, 0.6) is 0 Å². The Morgan fingerprint density at radius 1 is 1.53 bits per heavy atom. The fourth-order valence-electron chi connectivity index (χ4n) is 2.07. The minimum absolute atomic E-state index is 0.235. The van der Waals surface area contributed by atoms with Crippen LogP contribution in [0.1, 0.15) is 38.2 Å². The van der Waals surface area contributed by atoms with Crippen molar-refractivity contribution in [3.05, 3.63) is 29.0 Å². The van der Waals surface area contributed by atoms with Gasteiger partial charge in [-0.05, 0) is 44.1 Å². The highest BCUT2D eigenvalue weighted by Gasteiger charge is 2.32. The summed E-state index contributed by atoms with van der Waals surface area (Å²) in [5.41, 5.74) is 1.07. The smallest absolute Gasteiger partial charge is 0.147 e. The van der Waals surface area contributed by atoms with Crippen molar-refractivity contribution in [2.45, 2.75) is 38.1 Å². The minimum Gasteiger partial charge on any atom is -0.301 e. The van der Waals surface area contributed by atoms with Crippen molar-refractivity contribution >= 4 is 17.6 Å². The second-order valence-electron chi connectivity index (χ2n) is 5.52. The van der Waals surface area contributed by atoms with Crippen LogP contribution in [0.3, 0.4) is 0 Å². The van der Waals surface area contributed by atoms with Crippen LogP contribution in [-0.4, -0.2) is 16.1 Å². The molecule has 2 aromatic heterocycles. The number of rotatable bonds is 4. The molecule has 0 radical (unpaired) electrons. The molecular formula is C14H15FN2OS. The van der Waals surface area contributed by atoms with Crippen LogP contribution in [0.15, 0.2) is 17.6 Å². The third-order valence-electron chi connectivity index (χ3n) is 3.47. The molecule has 2 aromatic rings. The van der Waals surface area contributed by atoms with E-state index in [0.717, 1.165) is 24.7 Å². The lowest BCUT2D eigenvalue weighted by Crippen LogP contribution is -2.28. The number of halogens is 1. The van der Waals surface area contributed by atoms with Gasteiger partial charge in [-0.1, -0.05) is 0 Å². The van der Waals surface area contributed by atoms with Gasteiger partial charge in [0, 0.05) is 11.8 Å². The Hall–Kier alpha value is -1.49. The molecule has 0 N–H and O–H groups in total. The SMILES string of the molecule is CC(C)(C=O)n1cc(C2CC2)c(-c2sccc2F)n1. The molecule has 1 aliphatic rings. The van der Waals surface area contributed by atoms with Crippen molar-refractivity contribution in [3.63, 3.8) is 0 Å². The lowest BCUT2D eigenvalue weighted by molar-refractivity contribution is -0.114. The van der Waals surface area contributed by atoms with Crippen LogP contribution >= 0.6 is 11.3 Å². The molecule has 0 amide bonds.